The number of hydrazine groups is 1. The van der Waals surface area contributed by atoms with Crippen LogP contribution in [0.4, 0.5) is 18.9 Å². The SMILES string of the molecule is CC/C(=C/N)N(N)c1cc(-c2cccc(S(C)=O)c2)ccc1-n1cc(C(F)(F)F)nc1C. The molecule has 0 saturated heterocycles. The number of nitrogens with two attached hydrogens (primary N) is 2. The topological polar surface area (TPSA) is 90.2 Å². The van der Waals surface area contributed by atoms with Crippen LogP contribution in [0.25, 0.3) is 16.8 Å². The Hall–Kier alpha value is -3.11. The summed E-state index contributed by atoms with van der Waals surface area (Å²) in [5, 5.41) is 1.35. The van der Waals surface area contributed by atoms with Crippen molar-refractivity contribution < 1.29 is 17.4 Å². The van der Waals surface area contributed by atoms with Gasteiger partial charge in [-0.15, -0.1) is 0 Å². The van der Waals surface area contributed by atoms with Crippen LogP contribution in [0.15, 0.2) is 65.5 Å². The fraction of sp³-hybridized carbons (Fsp3) is 0.227. The number of halogens is 3. The number of aromatic nitrogens is 2. The molecule has 0 aliphatic carbocycles. The Balaban J connectivity index is 2.22. The van der Waals surface area contributed by atoms with Gasteiger partial charge in [0.25, 0.3) is 0 Å². The number of rotatable bonds is 6. The van der Waals surface area contributed by atoms with Crippen LogP contribution in [0.3, 0.4) is 0 Å². The first-order valence-electron chi connectivity index (χ1n) is 9.73. The predicted molar refractivity (Wildman–Crippen MR) is 120 cm³/mol. The molecule has 3 rings (SSSR count). The zero-order chi connectivity index (χ0) is 23.6. The molecular weight excluding hydrogens is 439 g/mol. The molecule has 1 heterocycles. The van der Waals surface area contributed by atoms with Crippen molar-refractivity contribution in [3.63, 3.8) is 0 Å². The summed E-state index contributed by atoms with van der Waals surface area (Å²) in [4.78, 5) is 4.32. The molecule has 0 aliphatic rings. The Bertz CT molecular complexity index is 1190. The number of benzene rings is 2. The van der Waals surface area contributed by atoms with E-state index in [9.17, 15) is 17.4 Å². The van der Waals surface area contributed by atoms with Crippen molar-refractivity contribution in [3.05, 3.63) is 72.1 Å². The summed E-state index contributed by atoms with van der Waals surface area (Å²) in [7, 11) is -1.16. The number of hydrogen-bond acceptors (Lipinski definition) is 5. The maximum atomic E-state index is 13.2. The molecule has 0 saturated carbocycles. The van der Waals surface area contributed by atoms with E-state index in [2.05, 4.69) is 4.98 Å². The summed E-state index contributed by atoms with van der Waals surface area (Å²) in [6.45, 7) is 3.36. The highest BCUT2D eigenvalue weighted by atomic mass is 32.2. The smallest absolute Gasteiger partial charge is 0.403 e. The second-order valence-electron chi connectivity index (χ2n) is 7.11. The van der Waals surface area contributed by atoms with Crippen LogP contribution >= 0.6 is 0 Å². The van der Waals surface area contributed by atoms with Gasteiger partial charge in [-0.1, -0.05) is 25.1 Å². The van der Waals surface area contributed by atoms with Crippen molar-refractivity contribution in [3.8, 4) is 16.8 Å². The van der Waals surface area contributed by atoms with Crippen LogP contribution in [0.5, 0.6) is 0 Å². The number of alkyl halides is 3. The van der Waals surface area contributed by atoms with Gasteiger partial charge in [-0.05, 0) is 48.7 Å². The molecule has 2 aromatic carbocycles. The minimum absolute atomic E-state index is 0.165. The molecule has 10 heteroatoms. The fourth-order valence-electron chi connectivity index (χ4n) is 3.33. The monoisotopic (exact) mass is 463 g/mol. The number of aryl methyl sites for hydroxylation is 1. The van der Waals surface area contributed by atoms with Gasteiger partial charge in [0.2, 0.25) is 0 Å². The maximum Gasteiger partial charge on any atom is 0.434 e. The average Bonchev–Trinajstić information content (AvgIpc) is 3.16. The minimum atomic E-state index is -4.57. The summed E-state index contributed by atoms with van der Waals surface area (Å²) in [5.74, 6) is 6.51. The molecule has 0 spiro atoms. The first kappa shape index (κ1) is 23.6. The molecule has 0 bridgehead atoms. The summed E-state index contributed by atoms with van der Waals surface area (Å²) < 4.78 is 52.9. The van der Waals surface area contributed by atoms with E-state index in [1.807, 2.05) is 13.0 Å². The third-order valence-corrected chi connectivity index (χ3v) is 5.95. The average molecular weight is 464 g/mol. The van der Waals surface area contributed by atoms with Crippen molar-refractivity contribution in [2.24, 2.45) is 11.6 Å². The molecule has 1 unspecified atom stereocenters. The number of anilines is 1. The Morgan fingerprint density at radius 1 is 1.22 bits per heavy atom. The normalized spacial score (nSPS) is 13.3. The third-order valence-electron chi connectivity index (χ3n) is 5.03. The number of allylic oxidation sites excluding steroid dienone is 1. The summed E-state index contributed by atoms with van der Waals surface area (Å²) >= 11 is 0. The Labute approximate surface area is 186 Å². The predicted octanol–water partition coefficient (Wildman–Crippen LogP) is 4.49. The molecule has 3 aromatic rings. The lowest BCUT2D eigenvalue weighted by molar-refractivity contribution is -0.141. The van der Waals surface area contributed by atoms with E-state index in [1.54, 1.807) is 42.7 Å². The van der Waals surface area contributed by atoms with Crippen LogP contribution in [0, 0.1) is 6.92 Å². The van der Waals surface area contributed by atoms with Crippen LogP contribution < -0.4 is 16.6 Å². The van der Waals surface area contributed by atoms with Gasteiger partial charge in [-0.2, -0.15) is 13.2 Å². The second kappa shape index (κ2) is 9.17. The van der Waals surface area contributed by atoms with Gasteiger partial charge < -0.3 is 10.3 Å². The lowest BCUT2D eigenvalue weighted by Gasteiger charge is -2.25. The van der Waals surface area contributed by atoms with Crippen LogP contribution in [-0.2, 0) is 17.0 Å². The summed E-state index contributed by atoms with van der Waals surface area (Å²) in [6.07, 6.45) is -0.160. The molecule has 0 amide bonds. The second-order valence-corrected chi connectivity index (χ2v) is 8.49. The third kappa shape index (κ3) is 4.71. The van der Waals surface area contributed by atoms with E-state index < -0.39 is 22.7 Å². The number of nitrogens with zero attached hydrogens (tertiary/aromatic N) is 3. The van der Waals surface area contributed by atoms with Gasteiger partial charge in [0.05, 0.1) is 17.1 Å². The highest BCUT2D eigenvalue weighted by Crippen LogP contribution is 2.35. The molecule has 0 aliphatic heterocycles. The van der Waals surface area contributed by atoms with E-state index in [-0.39, 0.29) is 5.82 Å². The fourth-order valence-corrected chi connectivity index (χ4v) is 3.89. The van der Waals surface area contributed by atoms with Crippen LogP contribution in [0.1, 0.15) is 24.9 Å². The zero-order valence-corrected chi connectivity index (χ0v) is 18.7. The lowest BCUT2D eigenvalue weighted by atomic mass is 10.0. The van der Waals surface area contributed by atoms with Crippen molar-refractivity contribution in [1.82, 2.24) is 9.55 Å². The summed E-state index contributed by atoms with van der Waals surface area (Å²) in [6, 6.07) is 12.4. The standard InChI is InChI=1S/C22H24F3N5OS/c1-4-17(12-26)30(27)20-11-16(15-6-5-7-18(10-15)32(3)31)8-9-19(20)29-13-21(22(23,24)25)28-14(29)2/h5-13H,4,26-27H2,1-3H3/b17-12-. The Morgan fingerprint density at radius 3 is 2.47 bits per heavy atom. The lowest BCUT2D eigenvalue weighted by Crippen LogP contribution is -2.31. The molecule has 0 radical (unpaired) electrons. The highest BCUT2D eigenvalue weighted by molar-refractivity contribution is 7.84. The molecule has 1 atom stereocenters. The van der Waals surface area contributed by atoms with E-state index in [1.165, 1.54) is 22.7 Å². The Kier molecular flexibility index (Phi) is 6.75. The molecule has 6 nitrogen and oxygen atoms in total. The van der Waals surface area contributed by atoms with Gasteiger partial charge in [0.1, 0.15) is 5.82 Å². The van der Waals surface area contributed by atoms with E-state index in [4.69, 9.17) is 11.6 Å². The number of hydrogen-bond donors (Lipinski definition) is 2. The first-order chi connectivity index (χ1) is 15.1. The minimum Gasteiger partial charge on any atom is -0.403 e. The maximum absolute atomic E-state index is 13.2. The molecule has 170 valence electrons. The number of imidazole rings is 1. The van der Waals surface area contributed by atoms with E-state index in [0.717, 1.165) is 17.3 Å². The molecular formula is C22H24F3N5OS. The van der Waals surface area contributed by atoms with Crippen molar-refractivity contribution in [2.45, 2.75) is 31.3 Å². The molecule has 4 N–H and O–H groups in total. The quantitative estimate of drug-likeness (QED) is 0.415. The highest BCUT2D eigenvalue weighted by Gasteiger charge is 2.34. The largest absolute Gasteiger partial charge is 0.434 e. The van der Waals surface area contributed by atoms with E-state index >= 15 is 0 Å². The van der Waals surface area contributed by atoms with Crippen LogP contribution in [-0.4, -0.2) is 20.0 Å². The first-order valence-corrected chi connectivity index (χ1v) is 11.3. The van der Waals surface area contributed by atoms with Gasteiger partial charge in [-0.3, -0.25) is 9.22 Å². The zero-order valence-electron chi connectivity index (χ0n) is 17.8. The Morgan fingerprint density at radius 2 is 1.91 bits per heavy atom. The molecule has 1 aromatic heterocycles. The molecule has 32 heavy (non-hydrogen) atoms. The van der Waals surface area contributed by atoms with Crippen molar-refractivity contribution >= 4 is 16.5 Å². The van der Waals surface area contributed by atoms with Gasteiger partial charge in [0.15, 0.2) is 5.69 Å². The van der Waals surface area contributed by atoms with Gasteiger partial charge in [-0.25, -0.2) is 10.8 Å². The van der Waals surface area contributed by atoms with Crippen molar-refractivity contribution in [2.75, 3.05) is 11.3 Å². The van der Waals surface area contributed by atoms with Crippen molar-refractivity contribution in [1.29, 1.82) is 0 Å². The van der Waals surface area contributed by atoms with Crippen LogP contribution in [0.2, 0.25) is 0 Å². The van der Waals surface area contributed by atoms with Gasteiger partial charge in [0, 0.05) is 34.3 Å². The van der Waals surface area contributed by atoms with Gasteiger partial charge >= 0.3 is 6.18 Å². The van der Waals surface area contributed by atoms with E-state index in [0.29, 0.717) is 28.4 Å². The summed E-state index contributed by atoms with van der Waals surface area (Å²) in [5.41, 5.74) is 7.73. The molecule has 0 fully saturated rings.